The minimum atomic E-state index is -0.0777. The van der Waals surface area contributed by atoms with Gasteiger partial charge in [-0.15, -0.1) is 0 Å². The molecule has 3 aliphatic heterocycles. The van der Waals surface area contributed by atoms with Crippen molar-refractivity contribution >= 4 is 38.6 Å². The summed E-state index contributed by atoms with van der Waals surface area (Å²) in [4.78, 5) is 5.11. The lowest BCUT2D eigenvalue weighted by molar-refractivity contribution is -0.505. The third-order valence-electron chi connectivity index (χ3n) is 11.9. The van der Waals surface area contributed by atoms with E-state index in [9.17, 15) is 0 Å². The Balaban J connectivity index is 1.21. The van der Waals surface area contributed by atoms with Gasteiger partial charge in [-0.3, -0.25) is 0 Å². The molecule has 1 saturated heterocycles. The number of rotatable bonds is 4. The van der Waals surface area contributed by atoms with Gasteiger partial charge in [0.2, 0.25) is 5.71 Å². The Morgan fingerprint density at radius 2 is 1.02 bits per heavy atom. The fraction of sp³-hybridized carbons (Fsp3) is 0.370. The van der Waals surface area contributed by atoms with Crippen LogP contribution in [0.2, 0.25) is 0 Å². The van der Waals surface area contributed by atoms with E-state index in [1.165, 1.54) is 91.6 Å². The van der Waals surface area contributed by atoms with Gasteiger partial charge in [-0.2, -0.15) is 0 Å². The maximum atomic E-state index is 2.70. The van der Waals surface area contributed by atoms with Gasteiger partial charge in [-0.25, -0.2) is 4.58 Å². The Bertz CT molecular complexity index is 1980. The van der Waals surface area contributed by atoms with Crippen LogP contribution in [0.4, 0.5) is 11.4 Å². The Morgan fingerprint density at radius 1 is 0.571 bits per heavy atom. The van der Waals surface area contributed by atoms with Gasteiger partial charge >= 0.3 is 0 Å². The highest BCUT2D eigenvalue weighted by molar-refractivity contribution is 6.10. The predicted molar refractivity (Wildman–Crippen MR) is 210 cm³/mol. The summed E-state index contributed by atoms with van der Waals surface area (Å²) in [6.45, 7) is 18.5. The zero-order chi connectivity index (χ0) is 33.9. The third-order valence-corrected chi connectivity index (χ3v) is 11.9. The predicted octanol–water partition coefficient (Wildman–Crippen LogP) is 11.0. The SMILES string of the molecule is CCN1/C(=C/C=C2\CCC/C(=C\C=C3\N(CC)c4ccc5ccccc5c4C3(C)C)C2=[N+]2CCCC2)C(C)(C)c2c1ccc1ccccc21. The second-order valence-electron chi connectivity index (χ2n) is 15.5. The molecule has 0 amide bonds. The quantitative estimate of drug-likeness (QED) is 0.204. The maximum Gasteiger partial charge on any atom is 0.206 e. The van der Waals surface area contributed by atoms with Crippen molar-refractivity contribution in [3.8, 4) is 0 Å². The lowest BCUT2D eigenvalue weighted by Crippen LogP contribution is -2.27. The van der Waals surface area contributed by atoms with E-state index in [2.05, 4.69) is 153 Å². The lowest BCUT2D eigenvalue weighted by Gasteiger charge is -2.27. The van der Waals surface area contributed by atoms with Gasteiger partial charge in [0.15, 0.2) is 0 Å². The summed E-state index contributed by atoms with van der Waals surface area (Å²) in [6, 6.07) is 27.1. The maximum absolute atomic E-state index is 2.70. The standard InChI is InChI=1S/C46H52N3/c1-7-48-38-26-22-32-16-9-11-20-36(32)42(38)45(3,4)40(48)28-24-34-18-15-19-35(44(34)47-30-13-14-31-47)25-29-41-46(5,6)43-37-21-12-10-17-33(37)23-27-39(43)49(41)8-2/h9-12,16-17,20-29H,7-8,13-15,18-19,30-31H2,1-6H3/q+1. The van der Waals surface area contributed by atoms with Gasteiger partial charge in [0.05, 0.1) is 0 Å². The summed E-state index contributed by atoms with van der Waals surface area (Å²) < 4.78 is 2.70. The van der Waals surface area contributed by atoms with Gasteiger partial charge in [0.1, 0.15) is 13.1 Å². The zero-order valence-corrected chi connectivity index (χ0v) is 30.4. The number of nitrogens with zero attached hydrogens (tertiary/aromatic N) is 3. The Hall–Kier alpha value is -4.37. The van der Waals surface area contributed by atoms with E-state index in [-0.39, 0.29) is 10.8 Å². The molecule has 0 bridgehead atoms. The van der Waals surface area contributed by atoms with Crippen molar-refractivity contribution in [2.24, 2.45) is 0 Å². The minimum absolute atomic E-state index is 0.0777. The van der Waals surface area contributed by atoms with Crippen molar-refractivity contribution in [1.29, 1.82) is 0 Å². The molecular weight excluding hydrogens is 595 g/mol. The van der Waals surface area contributed by atoms with Crippen LogP contribution in [0.5, 0.6) is 0 Å². The molecule has 1 aliphatic carbocycles. The topological polar surface area (TPSA) is 9.49 Å². The van der Waals surface area contributed by atoms with Crippen molar-refractivity contribution < 1.29 is 4.58 Å². The fourth-order valence-corrected chi connectivity index (χ4v) is 9.69. The Morgan fingerprint density at radius 3 is 1.47 bits per heavy atom. The molecule has 0 atom stereocenters. The van der Waals surface area contributed by atoms with Gasteiger partial charge < -0.3 is 9.80 Å². The minimum Gasteiger partial charge on any atom is -0.344 e. The molecule has 8 rings (SSSR count). The summed E-state index contributed by atoms with van der Waals surface area (Å²) in [5.41, 5.74) is 12.8. The largest absolute Gasteiger partial charge is 0.344 e. The Kier molecular flexibility index (Phi) is 7.93. The van der Waals surface area contributed by atoms with Crippen LogP contribution in [-0.4, -0.2) is 36.5 Å². The summed E-state index contributed by atoms with van der Waals surface area (Å²) >= 11 is 0. The number of likely N-dealkylation sites (N-methyl/N-ethyl adjacent to an activating group) is 2. The molecule has 49 heavy (non-hydrogen) atoms. The van der Waals surface area contributed by atoms with Crippen molar-refractivity contribution in [2.75, 3.05) is 36.0 Å². The molecule has 0 N–H and O–H groups in total. The van der Waals surface area contributed by atoms with Crippen LogP contribution < -0.4 is 9.80 Å². The zero-order valence-electron chi connectivity index (χ0n) is 30.4. The molecule has 3 heterocycles. The van der Waals surface area contributed by atoms with Crippen LogP contribution in [0.3, 0.4) is 0 Å². The number of benzene rings is 4. The van der Waals surface area contributed by atoms with E-state index < -0.39 is 0 Å². The fourth-order valence-electron chi connectivity index (χ4n) is 9.69. The van der Waals surface area contributed by atoms with Crippen LogP contribution in [0.15, 0.2) is 120 Å². The monoisotopic (exact) mass is 646 g/mol. The number of hydrogen-bond donors (Lipinski definition) is 0. The number of allylic oxidation sites excluding steroid dienone is 8. The highest BCUT2D eigenvalue weighted by atomic mass is 15.2. The van der Waals surface area contributed by atoms with E-state index >= 15 is 0 Å². The summed E-state index contributed by atoms with van der Waals surface area (Å²) in [5.74, 6) is 0. The number of anilines is 2. The smallest absolute Gasteiger partial charge is 0.206 e. The van der Waals surface area contributed by atoms with Crippen LogP contribution in [0.1, 0.15) is 84.8 Å². The average molecular weight is 647 g/mol. The molecular formula is C46H52N3+. The highest BCUT2D eigenvalue weighted by Gasteiger charge is 2.42. The molecule has 4 aliphatic rings. The third kappa shape index (κ3) is 5.03. The molecule has 0 unspecified atom stereocenters. The lowest BCUT2D eigenvalue weighted by atomic mass is 9.80. The number of fused-ring (bicyclic) bond motifs is 6. The first-order valence-corrected chi connectivity index (χ1v) is 18.8. The second kappa shape index (κ2) is 12.2. The first-order valence-electron chi connectivity index (χ1n) is 18.8. The summed E-state index contributed by atoms with van der Waals surface area (Å²) in [6.07, 6.45) is 16.0. The molecule has 3 heteroatoms. The molecule has 250 valence electrons. The van der Waals surface area contributed by atoms with Crippen molar-refractivity contribution in [3.05, 3.63) is 131 Å². The van der Waals surface area contributed by atoms with Gasteiger partial charge in [-0.1, -0.05) is 101 Å². The van der Waals surface area contributed by atoms with E-state index in [0.29, 0.717) is 0 Å². The second-order valence-corrected chi connectivity index (χ2v) is 15.5. The first kappa shape index (κ1) is 31.9. The van der Waals surface area contributed by atoms with Crippen LogP contribution in [0.25, 0.3) is 21.5 Å². The summed E-state index contributed by atoms with van der Waals surface area (Å²) in [5, 5.41) is 5.42. The molecule has 0 spiro atoms. The number of hydrogen-bond acceptors (Lipinski definition) is 2. The average Bonchev–Trinajstić information content (AvgIpc) is 3.78. The van der Waals surface area contributed by atoms with Crippen molar-refractivity contribution in [3.63, 3.8) is 0 Å². The van der Waals surface area contributed by atoms with Gasteiger partial charge in [0.25, 0.3) is 0 Å². The normalized spacial score (nSPS) is 23.2. The molecule has 0 aromatic heterocycles. The molecule has 4 aromatic carbocycles. The molecule has 0 radical (unpaired) electrons. The summed E-state index contributed by atoms with van der Waals surface area (Å²) in [7, 11) is 0. The van der Waals surface area contributed by atoms with Crippen LogP contribution >= 0.6 is 0 Å². The van der Waals surface area contributed by atoms with E-state index in [4.69, 9.17) is 0 Å². The van der Waals surface area contributed by atoms with Crippen molar-refractivity contribution in [1.82, 2.24) is 0 Å². The van der Waals surface area contributed by atoms with Crippen LogP contribution in [0, 0.1) is 0 Å². The first-order chi connectivity index (χ1) is 23.8. The molecule has 2 fully saturated rings. The van der Waals surface area contributed by atoms with Crippen LogP contribution in [-0.2, 0) is 10.8 Å². The van der Waals surface area contributed by atoms with E-state index in [0.717, 1.165) is 39.0 Å². The molecule has 1 saturated carbocycles. The Labute approximate surface area is 293 Å². The van der Waals surface area contributed by atoms with Crippen molar-refractivity contribution in [2.45, 2.75) is 84.5 Å². The molecule has 3 nitrogen and oxygen atoms in total. The van der Waals surface area contributed by atoms with Gasteiger partial charge in [-0.05, 0) is 90.1 Å². The highest BCUT2D eigenvalue weighted by Crippen LogP contribution is 2.52. The van der Waals surface area contributed by atoms with Gasteiger partial charge in [0, 0.05) is 70.7 Å². The van der Waals surface area contributed by atoms with E-state index in [1.54, 1.807) is 0 Å². The van der Waals surface area contributed by atoms with E-state index in [1.807, 2.05) is 0 Å². The molecule has 4 aromatic rings.